The van der Waals surface area contributed by atoms with Gasteiger partial charge in [-0.3, -0.25) is 4.68 Å². The highest BCUT2D eigenvalue weighted by Crippen LogP contribution is 2.36. The molecular weight excluding hydrogens is 468 g/mol. The standard InChI is InChI=1S/C32H30N6/c33-32-31-28(25-14-15-27-20-37(36-29(27)17-25)19-24-6-2-1-3-7-24)18-30(38(31)35-21-34-32)26-11-5-10-23(16-26)13-12-22-8-4-9-22/h1-3,5-7,10-11,14-18,20-22H,4,8-9,12-13,19H2,(H2,33,34,35). The molecule has 3 aromatic heterocycles. The molecule has 0 radical (unpaired) electrons. The van der Waals surface area contributed by atoms with Crippen molar-refractivity contribution in [3.05, 3.63) is 103 Å². The van der Waals surface area contributed by atoms with E-state index in [4.69, 9.17) is 10.8 Å². The van der Waals surface area contributed by atoms with E-state index in [-0.39, 0.29) is 0 Å². The molecule has 3 aromatic carbocycles. The monoisotopic (exact) mass is 498 g/mol. The van der Waals surface area contributed by atoms with Gasteiger partial charge in [-0.1, -0.05) is 79.9 Å². The summed E-state index contributed by atoms with van der Waals surface area (Å²) in [6.07, 6.45) is 10.2. The summed E-state index contributed by atoms with van der Waals surface area (Å²) in [5.41, 5.74) is 15.0. The van der Waals surface area contributed by atoms with Crippen molar-refractivity contribution in [2.75, 3.05) is 5.73 Å². The quantitative estimate of drug-likeness (QED) is 0.263. The van der Waals surface area contributed by atoms with Gasteiger partial charge in [0, 0.05) is 22.7 Å². The summed E-state index contributed by atoms with van der Waals surface area (Å²) in [5.74, 6) is 1.37. The number of aryl methyl sites for hydroxylation is 1. The Bertz CT molecular complexity index is 1740. The molecule has 1 aliphatic carbocycles. The van der Waals surface area contributed by atoms with Gasteiger partial charge in [0.25, 0.3) is 0 Å². The molecule has 1 saturated carbocycles. The normalized spacial score (nSPS) is 13.8. The Labute approximate surface area is 221 Å². The van der Waals surface area contributed by atoms with Crippen LogP contribution in [0.4, 0.5) is 5.82 Å². The number of benzene rings is 3. The lowest BCUT2D eigenvalue weighted by Crippen LogP contribution is -2.11. The predicted molar refractivity (Wildman–Crippen MR) is 153 cm³/mol. The molecule has 0 aliphatic heterocycles. The number of aromatic nitrogens is 5. The first-order valence-electron chi connectivity index (χ1n) is 13.4. The highest BCUT2D eigenvalue weighted by molar-refractivity contribution is 5.95. The molecule has 188 valence electrons. The van der Waals surface area contributed by atoms with Crippen molar-refractivity contribution in [2.24, 2.45) is 5.92 Å². The van der Waals surface area contributed by atoms with Crippen LogP contribution in [0.2, 0.25) is 0 Å². The van der Waals surface area contributed by atoms with E-state index in [1.54, 1.807) is 0 Å². The Morgan fingerprint density at radius 2 is 1.74 bits per heavy atom. The topological polar surface area (TPSA) is 74.0 Å². The molecule has 7 rings (SSSR count). The zero-order valence-electron chi connectivity index (χ0n) is 21.3. The molecule has 0 saturated heterocycles. The van der Waals surface area contributed by atoms with Gasteiger partial charge >= 0.3 is 0 Å². The Balaban J connectivity index is 1.27. The number of hydrogen-bond donors (Lipinski definition) is 1. The van der Waals surface area contributed by atoms with Crippen LogP contribution < -0.4 is 5.73 Å². The van der Waals surface area contributed by atoms with Gasteiger partial charge in [0.05, 0.1) is 17.8 Å². The Kier molecular flexibility index (Phi) is 5.65. The number of rotatable bonds is 7. The molecule has 6 aromatic rings. The average Bonchev–Trinajstić information content (AvgIpc) is 3.50. The molecule has 0 unspecified atom stereocenters. The van der Waals surface area contributed by atoms with Crippen LogP contribution in [0.15, 0.2) is 91.4 Å². The number of nitrogen functional groups attached to an aromatic ring is 1. The van der Waals surface area contributed by atoms with Gasteiger partial charge in [0.2, 0.25) is 0 Å². The van der Waals surface area contributed by atoms with E-state index in [0.717, 1.165) is 57.7 Å². The third kappa shape index (κ3) is 4.22. The van der Waals surface area contributed by atoms with Crippen LogP contribution in [-0.4, -0.2) is 24.4 Å². The van der Waals surface area contributed by atoms with E-state index in [0.29, 0.717) is 5.82 Å². The fraction of sp³-hybridized carbons (Fsp3) is 0.219. The van der Waals surface area contributed by atoms with E-state index in [9.17, 15) is 0 Å². The fourth-order valence-electron chi connectivity index (χ4n) is 5.62. The zero-order valence-corrected chi connectivity index (χ0v) is 21.3. The van der Waals surface area contributed by atoms with Gasteiger partial charge in [-0.15, -0.1) is 0 Å². The lowest BCUT2D eigenvalue weighted by Gasteiger charge is -2.25. The second kappa shape index (κ2) is 9.45. The van der Waals surface area contributed by atoms with E-state index in [2.05, 4.69) is 89.1 Å². The van der Waals surface area contributed by atoms with Crippen LogP contribution >= 0.6 is 0 Å². The molecule has 1 aliphatic rings. The maximum Gasteiger partial charge on any atom is 0.152 e. The number of hydrogen-bond acceptors (Lipinski definition) is 4. The van der Waals surface area contributed by atoms with Gasteiger partial charge in [0.15, 0.2) is 5.82 Å². The van der Waals surface area contributed by atoms with E-state index in [1.807, 2.05) is 15.3 Å². The van der Waals surface area contributed by atoms with Gasteiger partial charge in [-0.25, -0.2) is 9.50 Å². The summed E-state index contributed by atoms with van der Waals surface area (Å²) >= 11 is 0. The zero-order chi connectivity index (χ0) is 25.5. The second-order valence-corrected chi connectivity index (χ2v) is 10.5. The minimum absolute atomic E-state index is 0.470. The van der Waals surface area contributed by atoms with E-state index < -0.39 is 0 Å². The minimum Gasteiger partial charge on any atom is -0.382 e. The summed E-state index contributed by atoms with van der Waals surface area (Å²) < 4.78 is 3.93. The molecule has 0 atom stereocenters. The summed E-state index contributed by atoms with van der Waals surface area (Å²) in [5, 5.41) is 10.6. The summed E-state index contributed by atoms with van der Waals surface area (Å²) in [7, 11) is 0. The molecule has 3 heterocycles. The lowest BCUT2D eigenvalue weighted by molar-refractivity contribution is 0.296. The maximum atomic E-state index is 6.43. The Morgan fingerprint density at radius 1 is 0.868 bits per heavy atom. The molecular formula is C32H30N6. The third-order valence-corrected chi connectivity index (χ3v) is 7.92. The molecule has 6 heteroatoms. The van der Waals surface area contributed by atoms with Gasteiger partial charge in [-0.05, 0) is 53.6 Å². The first-order chi connectivity index (χ1) is 18.7. The van der Waals surface area contributed by atoms with Gasteiger partial charge in [0.1, 0.15) is 11.8 Å². The average molecular weight is 499 g/mol. The Morgan fingerprint density at radius 3 is 2.58 bits per heavy atom. The maximum absolute atomic E-state index is 6.43. The van der Waals surface area contributed by atoms with Crippen molar-refractivity contribution in [3.63, 3.8) is 0 Å². The number of nitrogens with zero attached hydrogens (tertiary/aromatic N) is 5. The molecule has 2 N–H and O–H groups in total. The van der Waals surface area contributed by atoms with Crippen molar-refractivity contribution < 1.29 is 0 Å². The molecule has 0 amide bonds. The summed E-state index contributed by atoms with van der Waals surface area (Å²) in [6, 6.07) is 27.8. The predicted octanol–water partition coefficient (Wildman–Crippen LogP) is 6.78. The minimum atomic E-state index is 0.470. The second-order valence-electron chi connectivity index (χ2n) is 10.5. The number of anilines is 1. The van der Waals surface area contributed by atoms with Crippen LogP contribution in [0.1, 0.15) is 36.8 Å². The van der Waals surface area contributed by atoms with E-state index >= 15 is 0 Å². The van der Waals surface area contributed by atoms with Crippen LogP contribution in [-0.2, 0) is 13.0 Å². The molecule has 6 nitrogen and oxygen atoms in total. The van der Waals surface area contributed by atoms with Crippen molar-refractivity contribution >= 4 is 22.2 Å². The van der Waals surface area contributed by atoms with Gasteiger partial charge < -0.3 is 5.73 Å². The molecule has 38 heavy (non-hydrogen) atoms. The SMILES string of the molecule is Nc1ncnn2c(-c3cccc(CCC4CCC4)c3)cc(-c3ccc4cn(Cc5ccccc5)nc4c3)c12. The first-order valence-corrected chi connectivity index (χ1v) is 13.4. The molecule has 0 spiro atoms. The molecule has 1 fully saturated rings. The van der Waals surface area contributed by atoms with Crippen molar-refractivity contribution in [2.45, 2.75) is 38.6 Å². The number of nitrogens with two attached hydrogens (primary N) is 1. The Hall–Kier alpha value is -4.45. The van der Waals surface area contributed by atoms with Crippen molar-refractivity contribution in [3.8, 4) is 22.4 Å². The highest BCUT2D eigenvalue weighted by atomic mass is 15.3. The van der Waals surface area contributed by atoms with Crippen LogP contribution in [0.5, 0.6) is 0 Å². The number of fused-ring (bicyclic) bond motifs is 2. The highest BCUT2D eigenvalue weighted by Gasteiger charge is 2.19. The molecule has 0 bridgehead atoms. The fourth-order valence-corrected chi connectivity index (χ4v) is 5.62. The first kappa shape index (κ1) is 22.7. The largest absolute Gasteiger partial charge is 0.382 e. The third-order valence-electron chi connectivity index (χ3n) is 7.92. The lowest BCUT2D eigenvalue weighted by atomic mass is 9.81. The van der Waals surface area contributed by atoms with Gasteiger partial charge in [-0.2, -0.15) is 10.2 Å². The summed E-state index contributed by atoms with van der Waals surface area (Å²) in [4.78, 5) is 4.32. The summed E-state index contributed by atoms with van der Waals surface area (Å²) in [6.45, 7) is 0.738. The van der Waals surface area contributed by atoms with Crippen LogP contribution in [0, 0.1) is 5.92 Å². The van der Waals surface area contributed by atoms with Crippen LogP contribution in [0.25, 0.3) is 38.8 Å². The van der Waals surface area contributed by atoms with Crippen molar-refractivity contribution in [1.29, 1.82) is 0 Å². The van der Waals surface area contributed by atoms with Crippen LogP contribution in [0.3, 0.4) is 0 Å². The smallest absolute Gasteiger partial charge is 0.152 e. The van der Waals surface area contributed by atoms with E-state index in [1.165, 1.54) is 43.1 Å². The van der Waals surface area contributed by atoms with Crippen molar-refractivity contribution in [1.82, 2.24) is 24.4 Å².